The molecule has 2 fully saturated rings. The van der Waals surface area contributed by atoms with E-state index in [9.17, 15) is 4.79 Å². The van der Waals surface area contributed by atoms with Gasteiger partial charge in [-0.3, -0.25) is 9.69 Å². The molecule has 0 saturated carbocycles. The van der Waals surface area contributed by atoms with Crippen LogP contribution in [0.3, 0.4) is 0 Å². The number of anilines is 2. The Bertz CT molecular complexity index is 1140. The minimum Gasteiger partial charge on any atom is -0.494 e. The molecule has 3 aliphatic heterocycles. The van der Waals surface area contributed by atoms with Gasteiger partial charge in [0.1, 0.15) is 5.75 Å². The number of carbonyl (C=O) groups excluding carboxylic acids is 1. The second-order valence-electron chi connectivity index (χ2n) is 9.24. The highest BCUT2D eigenvalue weighted by Crippen LogP contribution is 2.36. The van der Waals surface area contributed by atoms with Gasteiger partial charge in [-0.15, -0.1) is 0 Å². The van der Waals surface area contributed by atoms with E-state index >= 15 is 0 Å². The first-order valence-electron chi connectivity index (χ1n) is 12.9. The number of allylic oxidation sites excluding steroid dienone is 1. The van der Waals surface area contributed by atoms with Crippen molar-refractivity contribution >= 4 is 34.6 Å². The van der Waals surface area contributed by atoms with Crippen molar-refractivity contribution in [2.75, 3.05) is 69.0 Å². The van der Waals surface area contributed by atoms with E-state index in [2.05, 4.69) is 34.5 Å². The molecule has 1 unspecified atom stereocenters. The van der Waals surface area contributed by atoms with Crippen molar-refractivity contribution < 1.29 is 19.0 Å². The van der Waals surface area contributed by atoms with Crippen molar-refractivity contribution in [1.29, 1.82) is 0 Å². The topological polar surface area (TPSA) is 66.5 Å². The van der Waals surface area contributed by atoms with Gasteiger partial charge in [-0.05, 0) is 68.0 Å². The average Bonchev–Trinajstić information content (AvgIpc) is 2.94. The van der Waals surface area contributed by atoms with E-state index in [1.165, 1.54) is 0 Å². The zero-order valence-electron chi connectivity index (χ0n) is 21.4. The molecule has 1 atom stereocenters. The highest BCUT2D eigenvalue weighted by molar-refractivity contribution is 7.80. The van der Waals surface area contributed by atoms with Crippen molar-refractivity contribution in [3.63, 3.8) is 0 Å². The van der Waals surface area contributed by atoms with Gasteiger partial charge in [0.25, 0.3) is 5.91 Å². The number of nitrogens with zero attached hydrogens (tertiary/aromatic N) is 3. The van der Waals surface area contributed by atoms with Crippen LogP contribution >= 0.6 is 12.2 Å². The van der Waals surface area contributed by atoms with Crippen LogP contribution in [-0.2, 0) is 14.3 Å². The van der Waals surface area contributed by atoms with Crippen molar-refractivity contribution in [1.82, 2.24) is 10.2 Å². The number of carbonyl (C=O) groups is 1. The van der Waals surface area contributed by atoms with E-state index in [0.717, 1.165) is 54.7 Å². The van der Waals surface area contributed by atoms with Gasteiger partial charge in [0.05, 0.1) is 44.6 Å². The van der Waals surface area contributed by atoms with E-state index in [4.69, 9.17) is 26.4 Å². The summed E-state index contributed by atoms with van der Waals surface area (Å²) in [5.74, 6) is 0.806. The molecule has 0 bridgehead atoms. The lowest BCUT2D eigenvalue weighted by atomic mass is 9.93. The number of thiocarbonyl (C=S) groups is 1. The van der Waals surface area contributed by atoms with E-state index in [-0.39, 0.29) is 11.9 Å². The van der Waals surface area contributed by atoms with Crippen LogP contribution in [0.5, 0.6) is 5.75 Å². The van der Waals surface area contributed by atoms with E-state index in [0.29, 0.717) is 43.6 Å². The maximum atomic E-state index is 13.9. The minimum atomic E-state index is -0.347. The summed E-state index contributed by atoms with van der Waals surface area (Å²) in [6, 6.07) is 15.9. The molecule has 9 heteroatoms. The van der Waals surface area contributed by atoms with Crippen LogP contribution in [0.15, 0.2) is 59.8 Å². The van der Waals surface area contributed by atoms with Gasteiger partial charge in [0.15, 0.2) is 5.11 Å². The molecule has 0 aliphatic carbocycles. The SMILES string of the molecule is CCOc1ccc(N2C(=S)NC(c3ccc(N4CCOCC4)cc3)C(C(=O)N3CCOCC3)=C2C)cc1. The zero-order valence-corrected chi connectivity index (χ0v) is 22.3. The van der Waals surface area contributed by atoms with Crippen molar-refractivity contribution in [3.05, 3.63) is 65.4 Å². The molecular weight excluding hydrogens is 488 g/mol. The Morgan fingerprint density at radius 3 is 2.16 bits per heavy atom. The molecule has 2 saturated heterocycles. The third-order valence-electron chi connectivity index (χ3n) is 7.02. The smallest absolute Gasteiger partial charge is 0.254 e. The van der Waals surface area contributed by atoms with Gasteiger partial charge in [-0.1, -0.05) is 12.1 Å². The Balaban J connectivity index is 1.50. The van der Waals surface area contributed by atoms with E-state index < -0.39 is 0 Å². The molecule has 3 heterocycles. The highest BCUT2D eigenvalue weighted by atomic mass is 32.1. The number of ether oxygens (including phenoxy) is 3. The molecule has 0 aromatic heterocycles. The molecule has 0 spiro atoms. The van der Waals surface area contributed by atoms with E-state index in [1.54, 1.807) is 0 Å². The highest BCUT2D eigenvalue weighted by Gasteiger charge is 2.37. The Hall–Kier alpha value is -3.14. The largest absolute Gasteiger partial charge is 0.494 e. The second-order valence-corrected chi connectivity index (χ2v) is 9.63. The van der Waals surface area contributed by atoms with Gasteiger partial charge in [-0.2, -0.15) is 0 Å². The summed E-state index contributed by atoms with van der Waals surface area (Å²) in [6.07, 6.45) is 0. The van der Waals surface area contributed by atoms with Crippen LogP contribution < -0.4 is 19.9 Å². The standard InChI is InChI=1S/C28H34N4O4S/c1-3-36-24-10-8-23(9-11-24)32-20(2)25(27(33)31-14-18-35-19-15-31)26(29-28(32)37)21-4-6-22(7-5-21)30-12-16-34-17-13-30/h4-11,26H,3,12-19H2,1-2H3,(H,29,37). The summed E-state index contributed by atoms with van der Waals surface area (Å²) in [4.78, 5) is 20.1. The second kappa shape index (κ2) is 11.5. The predicted octanol–water partition coefficient (Wildman–Crippen LogP) is 3.49. The van der Waals surface area contributed by atoms with Gasteiger partial charge in [0, 0.05) is 43.3 Å². The van der Waals surface area contributed by atoms with Crippen LogP contribution in [0.25, 0.3) is 0 Å². The number of rotatable bonds is 6. The summed E-state index contributed by atoms with van der Waals surface area (Å²) < 4.78 is 16.6. The third kappa shape index (κ3) is 5.44. The molecule has 37 heavy (non-hydrogen) atoms. The lowest BCUT2D eigenvalue weighted by Gasteiger charge is -2.40. The third-order valence-corrected chi connectivity index (χ3v) is 7.32. The van der Waals surface area contributed by atoms with Crippen LogP contribution in [0.1, 0.15) is 25.5 Å². The number of amides is 1. The van der Waals surface area contributed by atoms with Crippen molar-refractivity contribution in [2.24, 2.45) is 0 Å². The Morgan fingerprint density at radius 1 is 0.946 bits per heavy atom. The van der Waals surface area contributed by atoms with Crippen LogP contribution in [-0.4, -0.2) is 75.1 Å². The Kier molecular flexibility index (Phi) is 7.93. The number of benzene rings is 2. The number of nitrogens with one attached hydrogen (secondary N) is 1. The number of morpholine rings is 2. The Morgan fingerprint density at radius 2 is 1.54 bits per heavy atom. The van der Waals surface area contributed by atoms with Gasteiger partial charge < -0.3 is 29.3 Å². The summed E-state index contributed by atoms with van der Waals surface area (Å²) in [5, 5.41) is 4.03. The zero-order chi connectivity index (χ0) is 25.8. The van der Waals surface area contributed by atoms with Gasteiger partial charge >= 0.3 is 0 Å². The molecule has 3 aliphatic rings. The summed E-state index contributed by atoms with van der Waals surface area (Å²) in [6.45, 7) is 10.0. The summed E-state index contributed by atoms with van der Waals surface area (Å²) >= 11 is 5.85. The fourth-order valence-corrected chi connectivity index (χ4v) is 5.44. The first-order chi connectivity index (χ1) is 18.1. The molecule has 2 aromatic carbocycles. The maximum Gasteiger partial charge on any atom is 0.254 e. The maximum absolute atomic E-state index is 13.9. The molecule has 5 rings (SSSR count). The quantitative estimate of drug-likeness (QED) is 0.579. The monoisotopic (exact) mass is 522 g/mol. The molecule has 196 valence electrons. The summed E-state index contributed by atoms with van der Waals surface area (Å²) in [5.41, 5.74) is 4.56. The van der Waals surface area contributed by atoms with Crippen LogP contribution in [0.2, 0.25) is 0 Å². The summed E-state index contributed by atoms with van der Waals surface area (Å²) in [7, 11) is 0. The Labute approximate surface area is 223 Å². The number of hydrogen-bond acceptors (Lipinski definition) is 6. The first kappa shape index (κ1) is 25.5. The molecule has 8 nitrogen and oxygen atoms in total. The van der Waals surface area contributed by atoms with Gasteiger partial charge in [0.2, 0.25) is 0 Å². The molecule has 2 aromatic rings. The van der Waals surface area contributed by atoms with Crippen LogP contribution in [0.4, 0.5) is 11.4 Å². The number of hydrogen-bond donors (Lipinski definition) is 1. The fourth-order valence-electron chi connectivity index (χ4n) is 5.08. The predicted molar refractivity (Wildman–Crippen MR) is 148 cm³/mol. The average molecular weight is 523 g/mol. The molecule has 0 radical (unpaired) electrons. The molecule has 1 amide bonds. The first-order valence-corrected chi connectivity index (χ1v) is 13.3. The van der Waals surface area contributed by atoms with Crippen LogP contribution in [0, 0.1) is 0 Å². The fraction of sp³-hybridized carbons (Fsp3) is 0.429. The molecular formula is C28H34N4O4S. The van der Waals surface area contributed by atoms with Crippen molar-refractivity contribution in [2.45, 2.75) is 19.9 Å². The molecule has 1 N–H and O–H groups in total. The van der Waals surface area contributed by atoms with Crippen molar-refractivity contribution in [3.8, 4) is 5.75 Å². The minimum absolute atomic E-state index is 0.00833. The van der Waals surface area contributed by atoms with E-state index in [1.807, 2.05) is 47.9 Å². The lowest BCUT2D eigenvalue weighted by Crippen LogP contribution is -2.51. The normalized spacial score (nSPS) is 20.6. The van der Waals surface area contributed by atoms with Gasteiger partial charge in [-0.25, -0.2) is 0 Å². The lowest BCUT2D eigenvalue weighted by molar-refractivity contribution is -0.131.